The summed E-state index contributed by atoms with van der Waals surface area (Å²) in [5, 5.41) is 0.618. The number of nitrogens with zero attached hydrogens (tertiary/aromatic N) is 3. The van der Waals surface area contributed by atoms with Crippen molar-refractivity contribution in [2.24, 2.45) is 0 Å². The molecule has 1 fully saturated rings. The fourth-order valence-corrected chi connectivity index (χ4v) is 5.09. The monoisotopic (exact) mass is 463 g/mol. The number of rotatable bonds is 1. The maximum Gasteiger partial charge on any atom is 0.253 e. The number of aryl methyl sites for hydroxylation is 3. The lowest BCUT2D eigenvalue weighted by Crippen LogP contribution is -2.52. The first-order valence-corrected chi connectivity index (χ1v) is 11.6. The average molecular weight is 464 g/mol. The molecule has 0 atom stereocenters. The standard InChI is InChI=1S/C26H26ClN3O3/c1-14-11-22-23(15(2)24(14)27)21(31)13-26(33-22)7-9-30(10-8-26)25(32)18-5-6-19-20(12-18)29-17(4)16(3)28-19/h5-6,11-12H,7-10,13H2,1-4H3. The lowest BCUT2D eigenvalue weighted by molar-refractivity contribution is -0.00580. The number of amides is 1. The van der Waals surface area contributed by atoms with Crippen LogP contribution in [0.5, 0.6) is 5.75 Å². The molecule has 6 nitrogen and oxygen atoms in total. The van der Waals surface area contributed by atoms with Gasteiger partial charge in [-0.15, -0.1) is 0 Å². The number of halogens is 1. The molecule has 1 aromatic heterocycles. The molecule has 5 rings (SSSR count). The third-order valence-electron chi connectivity index (χ3n) is 7.02. The smallest absolute Gasteiger partial charge is 0.253 e. The number of hydrogen-bond donors (Lipinski definition) is 0. The molecule has 33 heavy (non-hydrogen) atoms. The van der Waals surface area contributed by atoms with Crippen molar-refractivity contribution in [2.45, 2.75) is 52.6 Å². The Morgan fingerprint density at radius 1 is 1.03 bits per heavy atom. The highest BCUT2D eigenvalue weighted by Gasteiger charge is 2.44. The van der Waals surface area contributed by atoms with Crippen LogP contribution in [0.15, 0.2) is 24.3 Å². The molecule has 0 radical (unpaired) electrons. The van der Waals surface area contributed by atoms with E-state index < -0.39 is 5.60 Å². The normalized spacial score (nSPS) is 17.2. The van der Waals surface area contributed by atoms with Gasteiger partial charge in [-0.05, 0) is 63.1 Å². The number of ketones is 1. The van der Waals surface area contributed by atoms with Crippen LogP contribution in [-0.4, -0.2) is 45.2 Å². The van der Waals surface area contributed by atoms with Gasteiger partial charge in [-0.3, -0.25) is 9.59 Å². The van der Waals surface area contributed by atoms with Crippen LogP contribution < -0.4 is 4.74 Å². The van der Waals surface area contributed by atoms with Crippen LogP contribution in [-0.2, 0) is 0 Å². The summed E-state index contributed by atoms with van der Waals surface area (Å²) in [6.45, 7) is 8.69. The van der Waals surface area contributed by atoms with Gasteiger partial charge in [0.25, 0.3) is 5.91 Å². The van der Waals surface area contributed by atoms with Gasteiger partial charge in [0.2, 0.25) is 0 Å². The molecule has 0 aliphatic carbocycles. The highest BCUT2D eigenvalue weighted by atomic mass is 35.5. The van der Waals surface area contributed by atoms with E-state index in [9.17, 15) is 9.59 Å². The Morgan fingerprint density at radius 3 is 2.39 bits per heavy atom. The summed E-state index contributed by atoms with van der Waals surface area (Å²) in [4.78, 5) is 37.2. The molecule has 1 amide bonds. The predicted molar refractivity (Wildman–Crippen MR) is 127 cm³/mol. The molecule has 1 saturated heterocycles. The fraction of sp³-hybridized carbons (Fsp3) is 0.385. The Labute approximate surface area is 197 Å². The van der Waals surface area contributed by atoms with Crippen molar-refractivity contribution < 1.29 is 14.3 Å². The minimum absolute atomic E-state index is 0.0345. The van der Waals surface area contributed by atoms with Crippen molar-refractivity contribution in [3.63, 3.8) is 0 Å². The van der Waals surface area contributed by atoms with Gasteiger partial charge < -0.3 is 9.64 Å². The molecular weight excluding hydrogens is 438 g/mol. The second-order valence-electron chi connectivity index (χ2n) is 9.28. The summed E-state index contributed by atoms with van der Waals surface area (Å²) < 4.78 is 6.43. The Bertz CT molecular complexity index is 1330. The van der Waals surface area contributed by atoms with Crippen LogP contribution >= 0.6 is 11.6 Å². The van der Waals surface area contributed by atoms with Crippen molar-refractivity contribution >= 4 is 34.3 Å². The van der Waals surface area contributed by atoms with Gasteiger partial charge in [0.05, 0.1) is 34.4 Å². The van der Waals surface area contributed by atoms with E-state index in [1.54, 1.807) is 0 Å². The van der Waals surface area contributed by atoms with Crippen molar-refractivity contribution in [3.8, 4) is 5.75 Å². The van der Waals surface area contributed by atoms with E-state index in [0.717, 1.165) is 33.5 Å². The third-order valence-corrected chi connectivity index (χ3v) is 7.60. The summed E-state index contributed by atoms with van der Waals surface area (Å²) in [6.07, 6.45) is 1.53. The summed E-state index contributed by atoms with van der Waals surface area (Å²) in [5.74, 6) is 0.645. The Hall–Kier alpha value is -2.99. The fourth-order valence-electron chi connectivity index (χ4n) is 4.94. The quantitative estimate of drug-likeness (QED) is 0.498. The molecule has 0 unspecified atom stereocenters. The SMILES string of the molecule is Cc1cc2c(c(C)c1Cl)C(=O)CC1(CCN(C(=O)c3ccc4nc(C)c(C)nc4c3)CC1)O2. The van der Waals surface area contributed by atoms with E-state index in [1.807, 2.05) is 56.9 Å². The van der Waals surface area contributed by atoms with Crippen molar-refractivity contribution in [1.82, 2.24) is 14.9 Å². The molecule has 2 aromatic carbocycles. The first-order chi connectivity index (χ1) is 15.7. The van der Waals surface area contributed by atoms with E-state index in [2.05, 4.69) is 9.97 Å². The van der Waals surface area contributed by atoms with Crippen LogP contribution in [0.4, 0.5) is 0 Å². The van der Waals surface area contributed by atoms with Crippen molar-refractivity contribution in [3.05, 3.63) is 62.9 Å². The number of likely N-dealkylation sites (tertiary alicyclic amines) is 1. The molecule has 0 saturated carbocycles. The van der Waals surface area contributed by atoms with Crippen molar-refractivity contribution in [1.29, 1.82) is 0 Å². The van der Waals surface area contributed by atoms with Gasteiger partial charge in [-0.2, -0.15) is 0 Å². The van der Waals surface area contributed by atoms with Crippen molar-refractivity contribution in [2.75, 3.05) is 13.1 Å². The van der Waals surface area contributed by atoms with E-state index in [1.165, 1.54) is 0 Å². The number of ether oxygens (including phenoxy) is 1. The molecule has 0 N–H and O–H groups in total. The zero-order valence-corrected chi connectivity index (χ0v) is 20.0. The van der Waals surface area contributed by atoms with Gasteiger partial charge in [0.1, 0.15) is 11.4 Å². The van der Waals surface area contributed by atoms with Gasteiger partial charge in [0.15, 0.2) is 5.78 Å². The van der Waals surface area contributed by atoms with Crippen LogP contribution in [0, 0.1) is 27.7 Å². The van der Waals surface area contributed by atoms with Crippen LogP contribution in [0.3, 0.4) is 0 Å². The molecule has 3 aromatic rings. The van der Waals surface area contributed by atoms with Gasteiger partial charge in [-0.25, -0.2) is 9.97 Å². The predicted octanol–water partition coefficient (Wildman–Crippen LogP) is 5.16. The zero-order chi connectivity index (χ0) is 23.5. The number of carbonyl (C=O) groups excluding carboxylic acids is 2. The molecule has 1 spiro atoms. The summed E-state index contributed by atoms with van der Waals surface area (Å²) in [7, 11) is 0. The van der Waals surface area contributed by atoms with Crippen LogP contribution in [0.25, 0.3) is 11.0 Å². The number of aromatic nitrogens is 2. The number of piperidine rings is 1. The number of benzene rings is 2. The van der Waals surface area contributed by atoms with E-state index in [4.69, 9.17) is 16.3 Å². The van der Waals surface area contributed by atoms with Gasteiger partial charge in [-0.1, -0.05) is 11.6 Å². The first-order valence-electron chi connectivity index (χ1n) is 11.2. The largest absolute Gasteiger partial charge is 0.486 e. The first kappa shape index (κ1) is 21.8. The van der Waals surface area contributed by atoms with Crippen LogP contribution in [0.1, 0.15) is 62.5 Å². The lowest BCUT2D eigenvalue weighted by Gasteiger charge is -2.44. The number of hydrogen-bond acceptors (Lipinski definition) is 5. The summed E-state index contributed by atoms with van der Waals surface area (Å²) in [6, 6.07) is 7.34. The highest BCUT2D eigenvalue weighted by molar-refractivity contribution is 6.32. The Kier molecular flexibility index (Phi) is 5.16. The lowest BCUT2D eigenvalue weighted by atomic mass is 9.81. The van der Waals surface area contributed by atoms with E-state index >= 15 is 0 Å². The maximum absolute atomic E-state index is 13.2. The summed E-state index contributed by atoms with van der Waals surface area (Å²) in [5.41, 5.74) is 5.55. The maximum atomic E-state index is 13.2. The Balaban J connectivity index is 1.35. The molecule has 170 valence electrons. The molecule has 2 aliphatic rings. The second-order valence-corrected chi connectivity index (χ2v) is 9.66. The number of fused-ring (bicyclic) bond motifs is 2. The minimum atomic E-state index is -0.572. The summed E-state index contributed by atoms with van der Waals surface area (Å²) >= 11 is 6.36. The minimum Gasteiger partial charge on any atom is -0.486 e. The molecule has 2 aliphatic heterocycles. The molecule has 7 heteroatoms. The van der Waals surface area contributed by atoms with E-state index in [-0.39, 0.29) is 11.7 Å². The highest BCUT2D eigenvalue weighted by Crippen LogP contribution is 2.43. The molecule has 3 heterocycles. The van der Waals surface area contributed by atoms with Gasteiger partial charge >= 0.3 is 0 Å². The van der Waals surface area contributed by atoms with E-state index in [0.29, 0.717) is 54.3 Å². The second kappa shape index (κ2) is 7.80. The zero-order valence-electron chi connectivity index (χ0n) is 19.3. The topological polar surface area (TPSA) is 72.4 Å². The molecule has 0 bridgehead atoms. The Morgan fingerprint density at radius 2 is 1.70 bits per heavy atom. The number of carbonyl (C=O) groups is 2. The third kappa shape index (κ3) is 3.66. The van der Waals surface area contributed by atoms with Crippen LogP contribution in [0.2, 0.25) is 5.02 Å². The average Bonchev–Trinajstić information content (AvgIpc) is 2.77. The molecular formula is C26H26ClN3O3. The van der Waals surface area contributed by atoms with Gasteiger partial charge in [0, 0.05) is 36.5 Å². The number of Topliss-reactive ketones (excluding diaryl/α,β-unsaturated/α-hetero) is 1.